The molecule has 7 heteroatoms. The maximum atomic E-state index is 12.8. The molecule has 0 bridgehead atoms. The van der Waals surface area contributed by atoms with E-state index in [1.54, 1.807) is 19.2 Å². The van der Waals surface area contributed by atoms with Crippen LogP contribution in [0.25, 0.3) is 28.1 Å². The molecule has 0 fully saturated rings. The molecule has 30 heavy (non-hydrogen) atoms. The first-order chi connectivity index (χ1) is 14.6. The quantitative estimate of drug-likeness (QED) is 0.504. The van der Waals surface area contributed by atoms with Crippen molar-refractivity contribution in [3.63, 3.8) is 0 Å². The van der Waals surface area contributed by atoms with Crippen LogP contribution >= 0.6 is 0 Å². The highest BCUT2D eigenvalue weighted by Gasteiger charge is 2.16. The molecule has 0 amide bonds. The average Bonchev–Trinajstić information content (AvgIpc) is 3.14. The maximum Gasteiger partial charge on any atom is 0.297 e. The molecule has 2 aromatic heterocycles. The number of fused-ring (bicyclic) bond motifs is 3. The van der Waals surface area contributed by atoms with Crippen LogP contribution in [0.3, 0.4) is 0 Å². The number of ether oxygens (including phenoxy) is 2. The lowest BCUT2D eigenvalue weighted by Crippen LogP contribution is -2.30. The number of rotatable bonds is 7. The molecule has 0 radical (unpaired) electrons. The molecule has 1 unspecified atom stereocenters. The molecule has 0 aliphatic carbocycles. The maximum absolute atomic E-state index is 12.8. The molecule has 2 heterocycles. The summed E-state index contributed by atoms with van der Waals surface area (Å²) in [7, 11) is 1.56. The molecule has 0 aliphatic heterocycles. The Kier molecular flexibility index (Phi) is 5.54. The zero-order chi connectivity index (χ0) is 21.1. The minimum atomic E-state index is -0.925. The molecule has 2 aromatic carbocycles. The predicted octanol–water partition coefficient (Wildman–Crippen LogP) is 3.62. The number of aliphatic hydroxyl groups is 1. The van der Waals surface area contributed by atoms with Crippen LogP contribution in [-0.4, -0.2) is 34.5 Å². The SMILES string of the molecule is C/C=C/c1ccc(OCC(O)Cn2cnc3c(oc4ccccc43)c2=O)c(OC)c1. The number of furan rings is 1. The molecule has 1 atom stereocenters. The highest BCUT2D eigenvalue weighted by Crippen LogP contribution is 2.29. The number of hydrogen-bond donors (Lipinski definition) is 1. The minimum absolute atomic E-state index is 0.00999. The zero-order valence-corrected chi connectivity index (χ0v) is 16.7. The van der Waals surface area contributed by atoms with Crippen LogP contribution in [0.5, 0.6) is 11.5 Å². The smallest absolute Gasteiger partial charge is 0.297 e. The Morgan fingerprint density at radius 1 is 1.23 bits per heavy atom. The van der Waals surface area contributed by atoms with E-state index in [1.165, 1.54) is 10.9 Å². The lowest BCUT2D eigenvalue weighted by Gasteiger charge is -2.15. The van der Waals surface area contributed by atoms with Crippen molar-refractivity contribution in [3.8, 4) is 11.5 Å². The molecule has 0 saturated heterocycles. The Balaban J connectivity index is 1.50. The number of hydrogen-bond acceptors (Lipinski definition) is 6. The fourth-order valence-corrected chi connectivity index (χ4v) is 3.31. The van der Waals surface area contributed by atoms with E-state index in [-0.39, 0.29) is 24.3 Å². The standard InChI is InChI=1S/C23H22N2O5/c1-3-6-15-9-10-19(20(11-15)28-2)29-13-16(26)12-25-14-24-21-17-7-4-5-8-18(17)30-22(21)23(25)27/h3-11,14,16,26H,12-13H2,1-2H3/b6-3+. The van der Waals surface area contributed by atoms with Crippen LogP contribution in [0.1, 0.15) is 12.5 Å². The number of allylic oxidation sites excluding steroid dienone is 1. The summed E-state index contributed by atoms with van der Waals surface area (Å²) in [6.45, 7) is 1.95. The van der Waals surface area contributed by atoms with Gasteiger partial charge in [0.2, 0.25) is 5.58 Å². The first-order valence-electron chi connectivity index (χ1n) is 9.59. The van der Waals surface area contributed by atoms with Crippen molar-refractivity contribution >= 4 is 28.1 Å². The van der Waals surface area contributed by atoms with Gasteiger partial charge in [-0.1, -0.05) is 30.4 Å². The molecular formula is C23H22N2O5. The third-order valence-electron chi connectivity index (χ3n) is 4.74. The van der Waals surface area contributed by atoms with Gasteiger partial charge in [-0.25, -0.2) is 4.98 Å². The topological polar surface area (TPSA) is 86.7 Å². The number of methoxy groups -OCH3 is 1. The number of benzene rings is 2. The van der Waals surface area contributed by atoms with Gasteiger partial charge in [0.1, 0.15) is 23.8 Å². The van der Waals surface area contributed by atoms with E-state index in [1.807, 2.05) is 49.4 Å². The molecule has 7 nitrogen and oxygen atoms in total. The van der Waals surface area contributed by atoms with Crippen molar-refractivity contribution in [2.75, 3.05) is 13.7 Å². The van der Waals surface area contributed by atoms with Crippen LogP contribution in [0.4, 0.5) is 0 Å². The third-order valence-corrected chi connectivity index (χ3v) is 4.74. The first-order valence-corrected chi connectivity index (χ1v) is 9.59. The minimum Gasteiger partial charge on any atom is -0.493 e. The van der Waals surface area contributed by atoms with Crippen molar-refractivity contribution in [1.82, 2.24) is 9.55 Å². The van der Waals surface area contributed by atoms with Gasteiger partial charge in [-0.15, -0.1) is 0 Å². The van der Waals surface area contributed by atoms with Gasteiger partial charge in [-0.2, -0.15) is 0 Å². The number of nitrogens with zero attached hydrogens (tertiary/aromatic N) is 2. The first kappa shape index (κ1) is 19.7. The van der Waals surface area contributed by atoms with Crippen LogP contribution in [0.2, 0.25) is 0 Å². The molecule has 0 aliphatic rings. The summed E-state index contributed by atoms with van der Waals surface area (Å²) in [5.74, 6) is 1.09. The second kappa shape index (κ2) is 8.42. The number of aromatic nitrogens is 2. The molecule has 154 valence electrons. The van der Waals surface area contributed by atoms with E-state index in [0.717, 1.165) is 10.9 Å². The van der Waals surface area contributed by atoms with E-state index in [9.17, 15) is 9.90 Å². The third kappa shape index (κ3) is 3.79. The largest absolute Gasteiger partial charge is 0.493 e. The summed E-state index contributed by atoms with van der Waals surface area (Å²) in [4.78, 5) is 17.1. The van der Waals surface area contributed by atoms with E-state index in [0.29, 0.717) is 22.6 Å². The van der Waals surface area contributed by atoms with Gasteiger partial charge in [0.25, 0.3) is 5.56 Å². The molecule has 0 spiro atoms. The van der Waals surface area contributed by atoms with Crippen molar-refractivity contribution in [1.29, 1.82) is 0 Å². The monoisotopic (exact) mass is 406 g/mol. The fourth-order valence-electron chi connectivity index (χ4n) is 3.31. The van der Waals surface area contributed by atoms with E-state index < -0.39 is 6.10 Å². The number of para-hydroxylation sites is 1. The Morgan fingerprint density at radius 2 is 2.07 bits per heavy atom. The average molecular weight is 406 g/mol. The van der Waals surface area contributed by atoms with Gasteiger partial charge < -0.3 is 19.0 Å². The van der Waals surface area contributed by atoms with Gasteiger partial charge >= 0.3 is 0 Å². The highest BCUT2D eigenvalue weighted by molar-refractivity contribution is 6.01. The Labute approximate surface area is 172 Å². The highest BCUT2D eigenvalue weighted by atomic mass is 16.5. The zero-order valence-electron chi connectivity index (χ0n) is 16.7. The van der Waals surface area contributed by atoms with Gasteiger partial charge in [0, 0.05) is 5.39 Å². The van der Waals surface area contributed by atoms with Gasteiger partial charge in [-0.3, -0.25) is 9.36 Å². The van der Waals surface area contributed by atoms with Crippen molar-refractivity contribution < 1.29 is 19.0 Å². The predicted molar refractivity (Wildman–Crippen MR) is 115 cm³/mol. The van der Waals surface area contributed by atoms with Crippen LogP contribution in [0, 0.1) is 0 Å². The second-order valence-corrected chi connectivity index (χ2v) is 6.85. The molecule has 4 aromatic rings. The summed E-state index contributed by atoms with van der Waals surface area (Å²) in [6.07, 6.45) is 4.38. The van der Waals surface area contributed by atoms with Gasteiger partial charge in [-0.05, 0) is 36.8 Å². The fraction of sp³-hybridized carbons (Fsp3) is 0.217. The van der Waals surface area contributed by atoms with E-state index >= 15 is 0 Å². The lowest BCUT2D eigenvalue weighted by molar-refractivity contribution is 0.0899. The van der Waals surface area contributed by atoms with Crippen LogP contribution in [0.15, 0.2) is 64.1 Å². The molecule has 4 rings (SSSR count). The Morgan fingerprint density at radius 3 is 2.87 bits per heavy atom. The molecule has 0 saturated carbocycles. The van der Waals surface area contributed by atoms with Crippen molar-refractivity contribution in [3.05, 3.63) is 70.8 Å². The van der Waals surface area contributed by atoms with Crippen molar-refractivity contribution in [2.24, 2.45) is 0 Å². The van der Waals surface area contributed by atoms with Crippen LogP contribution in [-0.2, 0) is 6.54 Å². The molecule has 1 N–H and O–H groups in total. The lowest BCUT2D eigenvalue weighted by atomic mass is 10.2. The Hall–Kier alpha value is -3.58. The second-order valence-electron chi connectivity index (χ2n) is 6.85. The van der Waals surface area contributed by atoms with Gasteiger partial charge in [0.05, 0.1) is 20.0 Å². The number of aliphatic hydroxyl groups excluding tert-OH is 1. The van der Waals surface area contributed by atoms with Crippen molar-refractivity contribution in [2.45, 2.75) is 19.6 Å². The normalized spacial score (nSPS) is 12.6. The van der Waals surface area contributed by atoms with E-state index in [4.69, 9.17) is 13.9 Å². The Bertz CT molecular complexity index is 1270. The molecular weight excluding hydrogens is 384 g/mol. The summed E-state index contributed by atoms with van der Waals surface area (Å²) in [5.41, 5.74) is 1.94. The van der Waals surface area contributed by atoms with Crippen LogP contribution < -0.4 is 15.0 Å². The summed E-state index contributed by atoms with van der Waals surface area (Å²) < 4.78 is 18.1. The summed E-state index contributed by atoms with van der Waals surface area (Å²) >= 11 is 0. The summed E-state index contributed by atoms with van der Waals surface area (Å²) in [6, 6.07) is 12.9. The summed E-state index contributed by atoms with van der Waals surface area (Å²) in [5, 5.41) is 11.2. The van der Waals surface area contributed by atoms with Gasteiger partial charge in [0.15, 0.2) is 11.5 Å². The van der Waals surface area contributed by atoms with E-state index in [2.05, 4.69) is 4.98 Å².